The van der Waals surface area contributed by atoms with Crippen LogP contribution in [0, 0.1) is 11.8 Å². The van der Waals surface area contributed by atoms with Gasteiger partial charge in [0.2, 0.25) is 5.91 Å². The maximum absolute atomic E-state index is 12.3. The van der Waals surface area contributed by atoms with Crippen LogP contribution in [0.4, 0.5) is 0 Å². The van der Waals surface area contributed by atoms with E-state index in [1.54, 1.807) is 0 Å². The number of halogens is 1. The maximum atomic E-state index is 12.3. The van der Waals surface area contributed by atoms with Gasteiger partial charge in [0.05, 0.1) is 0 Å². The molecule has 22 heavy (non-hydrogen) atoms. The van der Waals surface area contributed by atoms with E-state index in [0.29, 0.717) is 6.54 Å². The highest BCUT2D eigenvalue weighted by Gasteiger charge is 2.25. The molecular weight excluding hydrogens is 296 g/mol. The molecule has 1 saturated carbocycles. The Balaban J connectivity index is 0.00000176. The fourth-order valence-corrected chi connectivity index (χ4v) is 3.62. The lowest BCUT2D eigenvalue weighted by Crippen LogP contribution is -2.32. The fourth-order valence-electron chi connectivity index (χ4n) is 3.62. The third-order valence-corrected chi connectivity index (χ3v) is 5.16. The van der Waals surface area contributed by atoms with Crippen molar-refractivity contribution < 1.29 is 4.79 Å². The second-order valence-electron chi connectivity index (χ2n) is 6.55. The number of hydrogen-bond donors (Lipinski definition) is 2. The van der Waals surface area contributed by atoms with Crippen LogP contribution in [-0.4, -0.2) is 5.91 Å². The van der Waals surface area contributed by atoms with Crippen molar-refractivity contribution in [3.05, 3.63) is 34.9 Å². The molecule has 1 heterocycles. The Morgan fingerprint density at radius 3 is 2.64 bits per heavy atom. The van der Waals surface area contributed by atoms with Gasteiger partial charge in [-0.15, -0.1) is 12.4 Å². The predicted octanol–water partition coefficient (Wildman–Crippen LogP) is 3.54. The largest absolute Gasteiger partial charge is 0.352 e. The van der Waals surface area contributed by atoms with Crippen LogP contribution in [0.3, 0.4) is 0 Å². The number of nitrogens with one attached hydrogen (secondary N) is 2. The molecule has 0 saturated heterocycles. The molecule has 1 aliphatic carbocycles. The third-order valence-electron chi connectivity index (χ3n) is 5.16. The van der Waals surface area contributed by atoms with E-state index in [-0.39, 0.29) is 24.2 Å². The zero-order valence-electron chi connectivity index (χ0n) is 13.4. The summed E-state index contributed by atoms with van der Waals surface area (Å²) in [5.41, 5.74) is 3.99. The molecule has 2 N–H and O–H groups in total. The Kier molecular flexibility index (Phi) is 6.27. The minimum Gasteiger partial charge on any atom is -0.352 e. The normalized spacial score (nSPS) is 23.5. The Morgan fingerprint density at radius 2 is 1.91 bits per heavy atom. The van der Waals surface area contributed by atoms with Gasteiger partial charge in [0.15, 0.2) is 0 Å². The van der Waals surface area contributed by atoms with Crippen molar-refractivity contribution in [3.63, 3.8) is 0 Å². The van der Waals surface area contributed by atoms with Crippen LogP contribution in [0.25, 0.3) is 0 Å². The summed E-state index contributed by atoms with van der Waals surface area (Å²) < 4.78 is 0. The van der Waals surface area contributed by atoms with E-state index in [1.165, 1.54) is 36.0 Å². The molecule has 0 atom stereocenters. The molecule has 1 aromatic rings. The van der Waals surface area contributed by atoms with Gasteiger partial charge >= 0.3 is 0 Å². The Labute approximate surface area is 139 Å². The van der Waals surface area contributed by atoms with E-state index in [9.17, 15) is 4.79 Å². The molecule has 0 spiro atoms. The first-order chi connectivity index (χ1) is 10.3. The van der Waals surface area contributed by atoms with E-state index in [2.05, 4.69) is 35.8 Å². The third kappa shape index (κ3) is 4.02. The van der Waals surface area contributed by atoms with Crippen molar-refractivity contribution in [3.8, 4) is 0 Å². The molecule has 1 aromatic carbocycles. The molecule has 2 aliphatic rings. The van der Waals surface area contributed by atoms with Crippen LogP contribution >= 0.6 is 12.4 Å². The number of rotatable bonds is 4. The van der Waals surface area contributed by atoms with E-state index in [1.807, 2.05) is 0 Å². The Morgan fingerprint density at radius 1 is 1.18 bits per heavy atom. The van der Waals surface area contributed by atoms with Crippen LogP contribution in [0.2, 0.25) is 0 Å². The second kappa shape index (κ2) is 7.98. The summed E-state index contributed by atoms with van der Waals surface area (Å²) in [5, 5.41) is 6.49. The van der Waals surface area contributed by atoms with E-state index < -0.39 is 0 Å². The molecule has 1 amide bonds. The molecule has 1 aliphatic heterocycles. The van der Waals surface area contributed by atoms with Gasteiger partial charge in [-0.1, -0.05) is 31.5 Å². The lowest BCUT2D eigenvalue weighted by atomic mass is 9.80. The highest BCUT2D eigenvalue weighted by Crippen LogP contribution is 2.30. The molecule has 0 radical (unpaired) electrons. The molecular formula is C18H27ClN2O. The molecule has 122 valence electrons. The van der Waals surface area contributed by atoms with Crippen molar-refractivity contribution >= 4 is 18.3 Å². The quantitative estimate of drug-likeness (QED) is 0.890. The topological polar surface area (TPSA) is 41.1 Å². The van der Waals surface area contributed by atoms with E-state index >= 15 is 0 Å². The van der Waals surface area contributed by atoms with Crippen LogP contribution in [0.15, 0.2) is 18.2 Å². The maximum Gasteiger partial charge on any atom is 0.223 e. The molecule has 3 nitrogen and oxygen atoms in total. The molecule has 0 aromatic heterocycles. The predicted molar refractivity (Wildman–Crippen MR) is 91.8 cm³/mol. The van der Waals surface area contributed by atoms with Crippen molar-refractivity contribution in [2.24, 2.45) is 11.8 Å². The monoisotopic (exact) mass is 322 g/mol. The zero-order chi connectivity index (χ0) is 14.7. The molecule has 0 bridgehead atoms. The average molecular weight is 323 g/mol. The summed E-state index contributed by atoms with van der Waals surface area (Å²) in [5.74, 6) is 1.34. The number of amides is 1. The fraction of sp³-hybridized carbons (Fsp3) is 0.611. The lowest BCUT2D eigenvalue weighted by Gasteiger charge is -2.26. The molecule has 4 heteroatoms. The minimum absolute atomic E-state index is 0. The van der Waals surface area contributed by atoms with Crippen LogP contribution in [0.5, 0.6) is 0 Å². The van der Waals surface area contributed by atoms with Gasteiger partial charge in [-0.3, -0.25) is 4.79 Å². The number of hydrogen-bond acceptors (Lipinski definition) is 2. The van der Waals surface area contributed by atoms with Gasteiger partial charge in [0, 0.05) is 25.6 Å². The zero-order valence-corrected chi connectivity index (χ0v) is 14.2. The average Bonchev–Trinajstić information content (AvgIpc) is 3.00. The van der Waals surface area contributed by atoms with Gasteiger partial charge in [0.25, 0.3) is 0 Å². The summed E-state index contributed by atoms with van der Waals surface area (Å²) in [4.78, 5) is 12.3. The first-order valence-corrected chi connectivity index (χ1v) is 8.35. The number of carbonyl (C=O) groups excluding carboxylic acids is 1. The van der Waals surface area contributed by atoms with Crippen molar-refractivity contribution in [2.45, 2.75) is 58.7 Å². The standard InChI is InChI=1S/C18H26N2O.ClH/c1-2-13-3-6-15(7-4-13)18(21)20-10-14-5-8-16-11-19-12-17(16)9-14;/h5,8-9,13,15,19H,2-4,6-7,10-12H2,1H3,(H,20,21);1H. The van der Waals surface area contributed by atoms with Gasteiger partial charge in [0.1, 0.15) is 0 Å². The van der Waals surface area contributed by atoms with Gasteiger partial charge in [-0.05, 0) is 48.3 Å². The number of benzene rings is 1. The first kappa shape index (κ1) is 17.3. The smallest absolute Gasteiger partial charge is 0.223 e. The van der Waals surface area contributed by atoms with E-state index in [0.717, 1.165) is 31.8 Å². The first-order valence-electron chi connectivity index (χ1n) is 8.35. The van der Waals surface area contributed by atoms with Gasteiger partial charge in [-0.25, -0.2) is 0 Å². The number of carbonyl (C=O) groups is 1. The van der Waals surface area contributed by atoms with E-state index in [4.69, 9.17) is 0 Å². The molecule has 0 unspecified atom stereocenters. The summed E-state index contributed by atoms with van der Waals surface area (Å²) >= 11 is 0. The summed E-state index contributed by atoms with van der Waals surface area (Å²) in [6, 6.07) is 6.55. The highest BCUT2D eigenvalue weighted by atomic mass is 35.5. The van der Waals surface area contributed by atoms with Crippen molar-refractivity contribution in [1.82, 2.24) is 10.6 Å². The second-order valence-corrected chi connectivity index (χ2v) is 6.55. The Hall–Kier alpha value is -1.06. The van der Waals surface area contributed by atoms with Crippen molar-refractivity contribution in [2.75, 3.05) is 0 Å². The lowest BCUT2D eigenvalue weighted by molar-refractivity contribution is -0.126. The summed E-state index contributed by atoms with van der Waals surface area (Å²) in [6.07, 6.45) is 5.84. The van der Waals surface area contributed by atoms with Gasteiger partial charge in [-0.2, -0.15) is 0 Å². The summed E-state index contributed by atoms with van der Waals surface area (Å²) in [6.45, 7) is 4.86. The van der Waals surface area contributed by atoms with Crippen LogP contribution in [-0.2, 0) is 24.4 Å². The SMILES string of the molecule is CCC1CCC(C(=O)NCc2ccc3c(c2)CNC3)CC1.Cl. The number of fused-ring (bicyclic) bond motifs is 1. The Bertz CT molecular complexity index is 510. The van der Waals surface area contributed by atoms with Crippen molar-refractivity contribution in [1.29, 1.82) is 0 Å². The van der Waals surface area contributed by atoms with Crippen LogP contribution < -0.4 is 10.6 Å². The highest BCUT2D eigenvalue weighted by molar-refractivity contribution is 5.85. The summed E-state index contributed by atoms with van der Waals surface area (Å²) in [7, 11) is 0. The molecule has 1 fully saturated rings. The van der Waals surface area contributed by atoms with Gasteiger partial charge < -0.3 is 10.6 Å². The van der Waals surface area contributed by atoms with Crippen LogP contribution in [0.1, 0.15) is 55.7 Å². The molecule has 3 rings (SSSR count). The minimum atomic E-state index is 0.